The van der Waals surface area contributed by atoms with Crippen molar-refractivity contribution in [3.05, 3.63) is 58.6 Å². The Hall–Kier alpha value is -1.16. The van der Waals surface area contributed by atoms with Crippen molar-refractivity contribution in [1.29, 1.82) is 0 Å². The van der Waals surface area contributed by atoms with Gasteiger partial charge in [0.1, 0.15) is 0 Å². The molecule has 1 fully saturated rings. The molecule has 2 aromatic rings. The molecule has 98 valence electrons. The summed E-state index contributed by atoms with van der Waals surface area (Å²) in [4.78, 5) is 0. The van der Waals surface area contributed by atoms with E-state index in [0.29, 0.717) is 13.2 Å². The zero-order chi connectivity index (χ0) is 13.3. The molecule has 3 heteroatoms. The maximum absolute atomic E-state index is 5.66. The van der Waals surface area contributed by atoms with E-state index in [-0.39, 0.29) is 0 Å². The van der Waals surface area contributed by atoms with Crippen LogP contribution in [0.15, 0.2) is 53.0 Å². The summed E-state index contributed by atoms with van der Waals surface area (Å²) in [6.45, 7) is 3.28. The quantitative estimate of drug-likeness (QED) is 0.820. The minimum absolute atomic E-state index is 0.585. The van der Waals surface area contributed by atoms with Crippen molar-refractivity contribution in [2.75, 3.05) is 13.2 Å². The van der Waals surface area contributed by atoms with Crippen molar-refractivity contribution in [1.82, 2.24) is 0 Å². The van der Waals surface area contributed by atoms with Gasteiger partial charge >= 0.3 is 0 Å². The standard InChI is InChI=1S/C16H15BrO2/c1-16(18-10-11-19-16)14-6-2-12(3-7-14)13-4-8-15(17)9-5-13/h2-9H,10-11H2,1H3. The first-order chi connectivity index (χ1) is 9.17. The first kappa shape index (κ1) is 12.9. The van der Waals surface area contributed by atoms with Crippen LogP contribution < -0.4 is 0 Å². The van der Waals surface area contributed by atoms with Gasteiger partial charge in [0.15, 0.2) is 5.79 Å². The Kier molecular flexibility index (Phi) is 3.44. The van der Waals surface area contributed by atoms with Gasteiger partial charge in [0.05, 0.1) is 13.2 Å². The normalized spacial score (nSPS) is 17.6. The fourth-order valence-electron chi connectivity index (χ4n) is 2.29. The molecule has 1 saturated heterocycles. The summed E-state index contributed by atoms with van der Waals surface area (Å²) in [5.41, 5.74) is 3.46. The Labute approximate surface area is 121 Å². The number of benzene rings is 2. The highest BCUT2D eigenvalue weighted by molar-refractivity contribution is 9.10. The van der Waals surface area contributed by atoms with E-state index in [0.717, 1.165) is 10.0 Å². The average molecular weight is 319 g/mol. The summed E-state index contributed by atoms with van der Waals surface area (Å²) in [5.74, 6) is -0.585. The van der Waals surface area contributed by atoms with Gasteiger partial charge in [-0.2, -0.15) is 0 Å². The number of hydrogen-bond donors (Lipinski definition) is 0. The first-order valence-electron chi connectivity index (χ1n) is 6.32. The number of ether oxygens (including phenoxy) is 2. The molecule has 3 rings (SSSR count). The highest BCUT2D eigenvalue weighted by atomic mass is 79.9. The van der Waals surface area contributed by atoms with Crippen LogP contribution in [0.3, 0.4) is 0 Å². The molecule has 0 unspecified atom stereocenters. The third-order valence-electron chi connectivity index (χ3n) is 3.43. The zero-order valence-electron chi connectivity index (χ0n) is 10.7. The molecular weight excluding hydrogens is 304 g/mol. The van der Waals surface area contributed by atoms with Crippen LogP contribution in [0.4, 0.5) is 0 Å². The first-order valence-corrected chi connectivity index (χ1v) is 7.11. The van der Waals surface area contributed by atoms with E-state index in [1.165, 1.54) is 11.1 Å². The molecule has 2 nitrogen and oxygen atoms in total. The average Bonchev–Trinajstić information content (AvgIpc) is 2.88. The molecule has 1 aliphatic rings. The largest absolute Gasteiger partial charge is 0.344 e. The van der Waals surface area contributed by atoms with E-state index in [1.54, 1.807) is 0 Å². The lowest BCUT2D eigenvalue weighted by molar-refractivity contribution is -0.149. The Morgan fingerprint density at radius 2 is 1.32 bits per heavy atom. The van der Waals surface area contributed by atoms with Crippen LogP contribution in [-0.4, -0.2) is 13.2 Å². The molecule has 2 aromatic carbocycles. The van der Waals surface area contributed by atoms with Gasteiger partial charge in [-0.3, -0.25) is 0 Å². The van der Waals surface area contributed by atoms with Gasteiger partial charge in [-0.05, 0) is 30.2 Å². The lowest BCUT2D eigenvalue weighted by Gasteiger charge is -2.22. The maximum atomic E-state index is 5.66. The van der Waals surface area contributed by atoms with Gasteiger partial charge < -0.3 is 9.47 Å². The topological polar surface area (TPSA) is 18.5 Å². The molecule has 0 aromatic heterocycles. The summed E-state index contributed by atoms with van der Waals surface area (Å²) < 4.78 is 12.4. The van der Waals surface area contributed by atoms with Crippen LogP contribution in [0.5, 0.6) is 0 Å². The molecule has 0 saturated carbocycles. The fourth-order valence-corrected chi connectivity index (χ4v) is 2.55. The maximum Gasteiger partial charge on any atom is 0.192 e. The lowest BCUT2D eigenvalue weighted by Crippen LogP contribution is -2.22. The Morgan fingerprint density at radius 1 is 0.842 bits per heavy atom. The van der Waals surface area contributed by atoms with E-state index < -0.39 is 5.79 Å². The third kappa shape index (κ3) is 2.59. The fraction of sp³-hybridized carbons (Fsp3) is 0.250. The second-order valence-corrected chi connectivity index (χ2v) is 5.64. The molecule has 0 bridgehead atoms. The predicted octanol–water partition coefficient (Wildman–Crippen LogP) is 4.34. The summed E-state index contributed by atoms with van der Waals surface area (Å²) in [6.07, 6.45) is 0. The number of hydrogen-bond acceptors (Lipinski definition) is 2. The van der Waals surface area contributed by atoms with Gasteiger partial charge in [0.2, 0.25) is 0 Å². The Morgan fingerprint density at radius 3 is 1.84 bits per heavy atom. The second kappa shape index (κ2) is 5.08. The van der Waals surface area contributed by atoms with Crippen molar-refractivity contribution in [3.8, 4) is 11.1 Å². The zero-order valence-corrected chi connectivity index (χ0v) is 12.3. The van der Waals surface area contributed by atoms with Gasteiger partial charge in [-0.1, -0.05) is 52.3 Å². The number of halogens is 1. The van der Waals surface area contributed by atoms with Crippen molar-refractivity contribution < 1.29 is 9.47 Å². The molecule has 0 spiro atoms. The van der Waals surface area contributed by atoms with E-state index >= 15 is 0 Å². The molecular formula is C16H15BrO2. The summed E-state index contributed by atoms with van der Waals surface area (Å²) in [7, 11) is 0. The summed E-state index contributed by atoms with van der Waals surface area (Å²) in [6, 6.07) is 16.7. The van der Waals surface area contributed by atoms with E-state index in [2.05, 4.69) is 52.3 Å². The molecule has 0 N–H and O–H groups in total. The third-order valence-corrected chi connectivity index (χ3v) is 3.95. The van der Waals surface area contributed by atoms with Crippen LogP contribution >= 0.6 is 15.9 Å². The Balaban J connectivity index is 1.88. The highest BCUT2D eigenvalue weighted by Gasteiger charge is 2.32. The molecule has 0 amide bonds. The van der Waals surface area contributed by atoms with E-state index in [1.807, 2.05) is 19.1 Å². The van der Waals surface area contributed by atoms with Gasteiger partial charge in [0.25, 0.3) is 0 Å². The molecule has 1 heterocycles. The van der Waals surface area contributed by atoms with Crippen LogP contribution in [0.1, 0.15) is 12.5 Å². The Bertz CT molecular complexity index is 554. The SMILES string of the molecule is CC1(c2ccc(-c3ccc(Br)cc3)cc2)OCCO1. The minimum Gasteiger partial charge on any atom is -0.344 e. The van der Waals surface area contributed by atoms with Crippen molar-refractivity contribution in [3.63, 3.8) is 0 Å². The van der Waals surface area contributed by atoms with Crippen molar-refractivity contribution in [2.45, 2.75) is 12.7 Å². The molecule has 0 radical (unpaired) electrons. The second-order valence-electron chi connectivity index (χ2n) is 4.73. The van der Waals surface area contributed by atoms with Crippen LogP contribution in [-0.2, 0) is 15.3 Å². The smallest absolute Gasteiger partial charge is 0.192 e. The van der Waals surface area contributed by atoms with Crippen LogP contribution in [0.2, 0.25) is 0 Å². The molecule has 0 aliphatic carbocycles. The van der Waals surface area contributed by atoms with Crippen molar-refractivity contribution in [2.24, 2.45) is 0 Å². The predicted molar refractivity (Wildman–Crippen MR) is 78.8 cm³/mol. The van der Waals surface area contributed by atoms with Gasteiger partial charge in [0, 0.05) is 10.0 Å². The van der Waals surface area contributed by atoms with Crippen molar-refractivity contribution >= 4 is 15.9 Å². The van der Waals surface area contributed by atoms with E-state index in [9.17, 15) is 0 Å². The van der Waals surface area contributed by atoms with Gasteiger partial charge in [-0.25, -0.2) is 0 Å². The molecule has 0 atom stereocenters. The molecule has 19 heavy (non-hydrogen) atoms. The summed E-state index contributed by atoms with van der Waals surface area (Å²) in [5, 5.41) is 0. The van der Waals surface area contributed by atoms with Gasteiger partial charge in [-0.15, -0.1) is 0 Å². The van der Waals surface area contributed by atoms with Crippen LogP contribution in [0, 0.1) is 0 Å². The van der Waals surface area contributed by atoms with E-state index in [4.69, 9.17) is 9.47 Å². The number of rotatable bonds is 2. The molecule has 1 aliphatic heterocycles. The highest BCUT2D eigenvalue weighted by Crippen LogP contribution is 2.32. The minimum atomic E-state index is -0.585. The summed E-state index contributed by atoms with van der Waals surface area (Å²) >= 11 is 3.45. The monoisotopic (exact) mass is 318 g/mol. The lowest BCUT2D eigenvalue weighted by atomic mass is 10.0. The van der Waals surface area contributed by atoms with Crippen LogP contribution in [0.25, 0.3) is 11.1 Å².